The molecule has 0 unspecified atom stereocenters. The number of fused-ring (bicyclic) bond motifs is 1. The third-order valence-corrected chi connectivity index (χ3v) is 3.60. The van der Waals surface area contributed by atoms with Crippen molar-refractivity contribution in [1.82, 2.24) is 9.55 Å². The van der Waals surface area contributed by atoms with Crippen molar-refractivity contribution in [3.8, 4) is 0 Å². The zero-order valence-corrected chi connectivity index (χ0v) is 11.7. The summed E-state index contributed by atoms with van der Waals surface area (Å²) in [5, 5.41) is 0. The molecular weight excluding hydrogens is 267 g/mol. The highest BCUT2D eigenvalue weighted by atomic mass is 19.1. The molecule has 0 fully saturated rings. The Morgan fingerprint density at radius 3 is 2.76 bits per heavy atom. The minimum Gasteiger partial charge on any atom is -0.328 e. The molecule has 106 valence electrons. The van der Waals surface area contributed by atoms with Crippen LogP contribution in [0, 0.1) is 5.82 Å². The van der Waals surface area contributed by atoms with E-state index in [9.17, 15) is 9.18 Å². The Bertz CT molecular complexity index is 808. The van der Waals surface area contributed by atoms with E-state index in [1.165, 1.54) is 12.1 Å². The lowest BCUT2D eigenvalue weighted by molar-refractivity contribution is 0.112. The molecule has 21 heavy (non-hydrogen) atoms. The summed E-state index contributed by atoms with van der Waals surface area (Å²) in [6.07, 6.45) is 1.07. The van der Waals surface area contributed by atoms with Crippen molar-refractivity contribution >= 4 is 17.3 Å². The van der Waals surface area contributed by atoms with Gasteiger partial charge in [0.15, 0.2) is 6.29 Å². The first-order chi connectivity index (χ1) is 10.2. The molecule has 0 aliphatic heterocycles. The third kappa shape index (κ3) is 2.44. The van der Waals surface area contributed by atoms with Gasteiger partial charge in [0.2, 0.25) is 0 Å². The topological polar surface area (TPSA) is 34.9 Å². The van der Waals surface area contributed by atoms with Crippen molar-refractivity contribution in [1.29, 1.82) is 0 Å². The van der Waals surface area contributed by atoms with Crippen LogP contribution in [0.1, 0.15) is 28.7 Å². The quantitative estimate of drug-likeness (QED) is 0.685. The van der Waals surface area contributed by atoms with Crippen LogP contribution in [0.25, 0.3) is 11.0 Å². The van der Waals surface area contributed by atoms with E-state index < -0.39 is 5.82 Å². The van der Waals surface area contributed by atoms with E-state index in [0.717, 1.165) is 29.0 Å². The van der Waals surface area contributed by atoms with E-state index in [-0.39, 0.29) is 5.56 Å². The highest BCUT2D eigenvalue weighted by molar-refractivity contribution is 5.76. The molecular formula is C17H15FN2O. The van der Waals surface area contributed by atoms with Gasteiger partial charge in [-0.3, -0.25) is 4.79 Å². The van der Waals surface area contributed by atoms with E-state index in [2.05, 4.69) is 16.5 Å². The molecule has 0 amide bonds. The number of rotatable bonds is 4. The molecule has 0 radical (unpaired) electrons. The van der Waals surface area contributed by atoms with Gasteiger partial charge < -0.3 is 4.57 Å². The lowest BCUT2D eigenvalue weighted by atomic mass is 10.1. The zero-order chi connectivity index (χ0) is 14.8. The van der Waals surface area contributed by atoms with Gasteiger partial charge in [-0.2, -0.15) is 0 Å². The summed E-state index contributed by atoms with van der Waals surface area (Å²) in [6, 6.07) is 12.6. The number of hydrogen-bond donors (Lipinski definition) is 0. The van der Waals surface area contributed by atoms with Gasteiger partial charge in [-0.15, -0.1) is 0 Å². The van der Waals surface area contributed by atoms with Gasteiger partial charge in [0.05, 0.1) is 16.6 Å². The Labute approximate surface area is 122 Å². The van der Waals surface area contributed by atoms with Crippen molar-refractivity contribution in [3.05, 3.63) is 65.2 Å². The van der Waals surface area contributed by atoms with Crippen LogP contribution in [0.2, 0.25) is 0 Å². The van der Waals surface area contributed by atoms with Crippen LogP contribution in [0.15, 0.2) is 42.5 Å². The Morgan fingerprint density at radius 1 is 1.24 bits per heavy atom. The number of carbonyl (C=O) groups excluding carboxylic acids is 1. The number of aromatic nitrogens is 2. The number of nitrogens with zero attached hydrogens (tertiary/aromatic N) is 2. The SMILES string of the molecule is CCn1c(Cc2ccc(C=O)c(F)c2)nc2ccccc21. The fourth-order valence-corrected chi connectivity index (χ4v) is 2.57. The normalized spacial score (nSPS) is 11.0. The van der Waals surface area contributed by atoms with Gasteiger partial charge in [0.1, 0.15) is 11.6 Å². The maximum absolute atomic E-state index is 13.7. The third-order valence-electron chi connectivity index (χ3n) is 3.60. The minimum absolute atomic E-state index is 0.0859. The standard InChI is InChI=1S/C17H15FN2O/c1-2-20-16-6-4-3-5-15(16)19-17(20)10-12-7-8-13(11-21)14(18)9-12/h3-9,11H,2,10H2,1H3. The largest absolute Gasteiger partial charge is 0.328 e. The number of aldehydes is 1. The Hall–Kier alpha value is -2.49. The molecule has 1 aromatic heterocycles. The molecule has 0 aliphatic carbocycles. The predicted molar refractivity (Wildman–Crippen MR) is 80.0 cm³/mol. The molecule has 0 spiro atoms. The van der Waals surface area contributed by atoms with Crippen LogP contribution in [-0.4, -0.2) is 15.8 Å². The summed E-state index contributed by atoms with van der Waals surface area (Å²) in [5.74, 6) is 0.415. The summed E-state index contributed by atoms with van der Waals surface area (Å²) in [4.78, 5) is 15.3. The second kappa shape index (κ2) is 5.48. The average Bonchev–Trinajstić information content (AvgIpc) is 2.84. The Morgan fingerprint density at radius 2 is 2.05 bits per heavy atom. The van der Waals surface area contributed by atoms with E-state index in [4.69, 9.17) is 0 Å². The van der Waals surface area contributed by atoms with Crippen LogP contribution in [0.5, 0.6) is 0 Å². The maximum atomic E-state index is 13.7. The van der Waals surface area contributed by atoms with Gasteiger partial charge in [-0.05, 0) is 36.8 Å². The van der Waals surface area contributed by atoms with Crippen LogP contribution in [-0.2, 0) is 13.0 Å². The predicted octanol–water partition coefficient (Wildman–Crippen LogP) is 3.60. The number of halogens is 1. The second-order valence-corrected chi connectivity index (χ2v) is 4.91. The first kappa shape index (κ1) is 13.5. The average molecular weight is 282 g/mol. The summed E-state index contributed by atoms with van der Waals surface area (Å²) in [5.41, 5.74) is 2.92. The van der Waals surface area contributed by atoms with Crippen molar-refractivity contribution in [2.24, 2.45) is 0 Å². The van der Waals surface area contributed by atoms with Gasteiger partial charge >= 0.3 is 0 Å². The molecule has 0 saturated heterocycles. The maximum Gasteiger partial charge on any atom is 0.152 e. The lowest BCUT2D eigenvalue weighted by Gasteiger charge is -2.06. The van der Waals surface area contributed by atoms with Crippen LogP contribution < -0.4 is 0 Å². The fraction of sp³-hybridized carbons (Fsp3) is 0.176. The van der Waals surface area contributed by atoms with Gasteiger partial charge in [0.25, 0.3) is 0 Å². The molecule has 0 bridgehead atoms. The molecule has 2 aromatic carbocycles. The van der Waals surface area contributed by atoms with Crippen molar-refractivity contribution in [2.75, 3.05) is 0 Å². The second-order valence-electron chi connectivity index (χ2n) is 4.91. The number of hydrogen-bond acceptors (Lipinski definition) is 2. The summed E-state index contributed by atoms with van der Waals surface area (Å²) in [7, 11) is 0. The summed E-state index contributed by atoms with van der Waals surface area (Å²) in [6.45, 7) is 2.87. The summed E-state index contributed by atoms with van der Waals surface area (Å²) >= 11 is 0. The molecule has 0 saturated carbocycles. The highest BCUT2D eigenvalue weighted by Crippen LogP contribution is 2.19. The smallest absolute Gasteiger partial charge is 0.152 e. The van der Waals surface area contributed by atoms with Gasteiger partial charge in [0, 0.05) is 13.0 Å². The zero-order valence-electron chi connectivity index (χ0n) is 11.7. The molecule has 0 atom stereocenters. The van der Waals surface area contributed by atoms with E-state index in [1.54, 1.807) is 6.07 Å². The number of benzene rings is 2. The van der Waals surface area contributed by atoms with Crippen molar-refractivity contribution in [2.45, 2.75) is 19.9 Å². The van der Waals surface area contributed by atoms with Gasteiger partial charge in [-0.1, -0.05) is 18.2 Å². The first-order valence-corrected chi connectivity index (χ1v) is 6.90. The number of imidazole rings is 1. The number of aryl methyl sites for hydroxylation is 1. The van der Waals surface area contributed by atoms with E-state index in [1.807, 2.05) is 24.3 Å². The van der Waals surface area contributed by atoms with Crippen LogP contribution >= 0.6 is 0 Å². The molecule has 4 heteroatoms. The molecule has 1 heterocycles. The molecule has 3 nitrogen and oxygen atoms in total. The van der Waals surface area contributed by atoms with E-state index >= 15 is 0 Å². The number of para-hydroxylation sites is 2. The van der Waals surface area contributed by atoms with Crippen molar-refractivity contribution in [3.63, 3.8) is 0 Å². The van der Waals surface area contributed by atoms with Crippen LogP contribution in [0.4, 0.5) is 4.39 Å². The number of carbonyl (C=O) groups is 1. The molecule has 3 rings (SSSR count). The first-order valence-electron chi connectivity index (χ1n) is 6.90. The monoisotopic (exact) mass is 282 g/mol. The molecule has 3 aromatic rings. The fourth-order valence-electron chi connectivity index (χ4n) is 2.57. The lowest BCUT2D eigenvalue weighted by Crippen LogP contribution is -2.03. The van der Waals surface area contributed by atoms with Crippen molar-refractivity contribution < 1.29 is 9.18 Å². The molecule has 0 aliphatic rings. The highest BCUT2D eigenvalue weighted by Gasteiger charge is 2.11. The summed E-state index contributed by atoms with van der Waals surface area (Å²) < 4.78 is 15.8. The van der Waals surface area contributed by atoms with Crippen LogP contribution in [0.3, 0.4) is 0 Å². The molecule has 0 N–H and O–H groups in total. The minimum atomic E-state index is -0.485. The Kier molecular flexibility index (Phi) is 3.52. The van der Waals surface area contributed by atoms with Gasteiger partial charge in [-0.25, -0.2) is 9.37 Å². The Balaban J connectivity index is 2.01. The van der Waals surface area contributed by atoms with E-state index in [0.29, 0.717) is 12.7 Å².